The van der Waals surface area contributed by atoms with E-state index in [9.17, 15) is 4.79 Å². The lowest BCUT2D eigenvalue weighted by atomic mass is 9.81. The van der Waals surface area contributed by atoms with Crippen molar-refractivity contribution in [1.82, 2.24) is 15.1 Å². The number of amidine groups is 1. The molecule has 3 aliphatic heterocycles. The Bertz CT molecular complexity index is 400. The quantitative estimate of drug-likeness (QED) is 0.787. The Morgan fingerprint density at radius 1 is 1.53 bits per heavy atom. The summed E-state index contributed by atoms with van der Waals surface area (Å²) in [5.41, 5.74) is -0.402. The lowest BCUT2D eigenvalue weighted by Crippen LogP contribution is -2.58. The molecule has 3 aliphatic rings. The number of urea groups is 1. The summed E-state index contributed by atoms with van der Waals surface area (Å²) in [6.45, 7) is 3.26. The van der Waals surface area contributed by atoms with Crippen molar-refractivity contribution >= 4 is 11.9 Å². The van der Waals surface area contributed by atoms with Gasteiger partial charge in [-0.1, -0.05) is 0 Å². The topological polar surface area (TPSA) is 68.7 Å². The summed E-state index contributed by atoms with van der Waals surface area (Å²) in [6, 6.07) is 0.403. The average Bonchev–Trinajstić information content (AvgIpc) is 2.93. The molecule has 0 aliphatic carbocycles. The maximum atomic E-state index is 12.1. The van der Waals surface area contributed by atoms with Gasteiger partial charge in [0.15, 0.2) is 0 Å². The van der Waals surface area contributed by atoms with Gasteiger partial charge in [-0.3, -0.25) is 10.7 Å². The number of fused-ring (bicyclic) bond motifs is 1. The Labute approximate surface area is 113 Å². The second-order valence-corrected chi connectivity index (χ2v) is 5.77. The molecule has 2 atom stereocenters. The van der Waals surface area contributed by atoms with E-state index in [0.717, 1.165) is 19.4 Å². The normalized spacial score (nSPS) is 35.0. The minimum atomic E-state index is -0.402. The van der Waals surface area contributed by atoms with Crippen LogP contribution in [0.25, 0.3) is 0 Å². The molecular formula is C13H22N4O2. The Balaban J connectivity index is 1.82. The molecule has 3 saturated heterocycles. The van der Waals surface area contributed by atoms with Crippen LogP contribution in [0, 0.1) is 5.41 Å². The highest BCUT2D eigenvalue weighted by atomic mass is 16.5. The third kappa shape index (κ3) is 1.94. The Morgan fingerprint density at radius 2 is 2.37 bits per heavy atom. The van der Waals surface area contributed by atoms with E-state index in [-0.39, 0.29) is 6.03 Å². The summed E-state index contributed by atoms with van der Waals surface area (Å²) in [5.74, 6) is 0.389. The fourth-order valence-corrected chi connectivity index (χ4v) is 3.83. The molecule has 0 bridgehead atoms. The fourth-order valence-electron chi connectivity index (χ4n) is 3.83. The molecule has 19 heavy (non-hydrogen) atoms. The number of methoxy groups -OCH3 is 1. The molecule has 0 radical (unpaired) electrons. The van der Waals surface area contributed by atoms with Crippen molar-refractivity contribution in [3.63, 3.8) is 0 Å². The number of hydrogen-bond acceptors (Lipinski definition) is 4. The number of nitrogens with zero attached hydrogens (tertiary/aromatic N) is 2. The summed E-state index contributed by atoms with van der Waals surface area (Å²) in [4.78, 5) is 16.4. The zero-order valence-corrected chi connectivity index (χ0v) is 11.4. The maximum Gasteiger partial charge on any atom is 0.323 e. The third-order valence-corrected chi connectivity index (χ3v) is 4.86. The lowest BCUT2D eigenvalue weighted by molar-refractivity contribution is 0.0657. The van der Waals surface area contributed by atoms with Gasteiger partial charge in [0.05, 0.1) is 6.61 Å². The highest BCUT2D eigenvalue weighted by Gasteiger charge is 2.54. The first-order valence-corrected chi connectivity index (χ1v) is 7.08. The molecule has 6 heteroatoms. The van der Waals surface area contributed by atoms with E-state index in [0.29, 0.717) is 25.0 Å². The van der Waals surface area contributed by atoms with Crippen molar-refractivity contribution < 1.29 is 9.53 Å². The van der Waals surface area contributed by atoms with Gasteiger partial charge in [0.25, 0.3) is 0 Å². The van der Waals surface area contributed by atoms with Crippen LogP contribution in [0.2, 0.25) is 0 Å². The van der Waals surface area contributed by atoms with E-state index in [2.05, 4.69) is 10.2 Å². The molecule has 0 aromatic heterocycles. The lowest BCUT2D eigenvalue weighted by Gasteiger charge is -2.45. The van der Waals surface area contributed by atoms with Crippen molar-refractivity contribution in [2.45, 2.75) is 37.3 Å². The Hall–Kier alpha value is -1.14. The van der Waals surface area contributed by atoms with Gasteiger partial charge in [-0.2, -0.15) is 0 Å². The molecule has 2 unspecified atom stereocenters. The molecule has 0 aromatic rings. The van der Waals surface area contributed by atoms with Crippen LogP contribution in [-0.2, 0) is 4.74 Å². The first-order valence-electron chi connectivity index (χ1n) is 7.08. The van der Waals surface area contributed by atoms with Crippen molar-refractivity contribution in [3.8, 4) is 0 Å². The number of ether oxygens (including phenoxy) is 1. The Kier molecular flexibility index (Phi) is 3.22. The van der Waals surface area contributed by atoms with E-state index in [1.165, 1.54) is 19.4 Å². The van der Waals surface area contributed by atoms with Gasteiger partial charge >= 0.3 is 6.03 Å². The average molecular weight is 266 g/mol. The summed E-state index contributed by atoms with van der Waals surface area (Å²) >= 11 is 0. The van der Waals surface area contributed by atoms with Crippen molar-refractivity contribution in [3.05, 3.63) is 0 Å². The molecule has 3 heterocycles. The zero-order valence-electron chi connectivity index (χ0n) is 11.4. The minimum absolute atomic E-state index is 0.131. The standard InChI is InChI=1S/C13H22N4O2/c1-19-8-7-17-12(18)15-11(14)13(17)4-6-16-5-2-3-10(16)9-13/h10H,2-9H2,1H3,(H2,14,15,18). The second kappa shape index (κ2) is 4.76. The number of carbonyl (C=O) groups excluding carboxylic acids is 1. The number of hydrogen-bond donors (Lipinski definition) is 2. The zero-order chi connectivity index (χ0) is 13.5. The van der Waals surface area contributed by atoms with Gasteiger partial charge in [-0.15, -0.1) is 0 Å². The van der Waals surface area contributed by atoms with Crippen LogP contribution in [-0.4, -0.2) is 66.6 Å². The molecular weight excluding hydrogens is 244 g/mol. The van der Waals surface area contributed by atoms with Crippen LogP contribution < -0.4 is 5.32 Å². The number of amides is 2. The first-order chi connectivity index (χ1) is 9.17. The highest BCUT2D eigenvalue weighted by molar-refractivity contribution is 6.08. The minimum Gasteiger partial charge on any atom is -0.383 e. The largest absolute Gasteiger partial charge is 0.383 e. The molecule has 2 N–H and O–H groups in total. The van der Waals surface area contributed by atoms with Gasteiger partial charge < -0.3 is 14.5 Å². The highest BCUT2D eigenvalue weighted by Crippen LogP contribution is 2.39. The monoisotopic (exact) mass is 266 g/mol. The molecule has 0 saturated carbocycles. The van der Waals surface area contributed by atoms with E-state index >= 15 is 0 Å². The number of rotatable bonds is 3. The predicted molar refractivity (Wildman–Crippen MR) is 71.4 cm³/mol. The van der Waals surface area contributed by atoms with E-state index in [1.54, 1.807) is 7.11 Å². The van der Waals surface area contributed by atoms with Crippen LogP contribution in [0.1, 0.15) is 25.7 Å². The molecule has 3 rings (SSSR count). The van der Waals surface area contributed by atoms with Gasteiger partial charge in [-0.05, 0) is 32.2 Å². The molecule has 1 spiro atoms. The summed E-state index contributed by atoms with van der Waals surface area (Å²) in [5, 5.41) is 10.9. The van der Waals surface area contributed by atoms with E-state index in [4.69, 9.17) is 10.1 Å². The van der Waals surface area contributed by atoms with Crippen molar-refractivity contribution in [1.29, 1.82) is 5.41 Å². The molecule has 2 amide bonds. The number of nitrogens with one attached hydrogen (secondary N) is 2. The number of carbonyl (C=O) groups is 1. The van der Waals surface area contributed by atoms with Gasteiger partial charge in [0.2, 0.25) is 0 Å². The van der Waals surface area contributed by atoms with Crippen LogP contribution in [0.3, 0.4) is 0 Å². The molecule has 0 aromatic carbocycles. The van der Waals surface area contributed by atoms with Crippen LogP contribution in [0.4, 0.5) is 4.79 Å². The molecule has 106 valence electrons. The summed E-state index contributed by atoms with van der Waals surface area (Å²) < 4.78 is 5.11. The van der Waals surface area contributed by atoms with E-state index < -0.39 is 5.54 Å². The van der Waals surface area contributed by atoms with Gasteiger partial charge in [0, 0.05) is 26.2 Å². The number of piperidine rings is 1. The third-order valence-electron chi connectivity index (χ3n) is 4.86. The smallest absolute Gasteiger partial charge is 0.323 e. The van der Waals surface area contributed by atoms with Gasteiger partial charge in [0.1, 0.15) is 11.4 Å². The second-order valence-electron chi connectivity index (χ2n) is 5.77. The molecule has 3 fully saturated rings. The van der Waals surface area contributed by atoms with E-state index in [1.807, 2.05) is 4.90 Å². The Morgan fingerprint density at radius 3 is 3.16 bits per heavy atom. The van der Waals surface area contributed by atoms with Crippen LogP contribution >= 0.6 is 0 Å². The van der Waals surface area contributed by atoms with Crippen molar-refractivity contribution in [2.24, 2.45) is 0 Å². The first kappa shape index (κ1) is 12.9. The summed E-state index contributed by atoms with van der Waals surface area (Å²) in [6.07, 6.45) is 4.20. The van der Waals surface area contributed by atoms with Gasteiger partial charge in [-0.25, -0.2) is 4.79 Å². The van der Waals surface area contributed by atoms with Crippen LogP contribution in [0.5, 0.6) is 0 Å². The fraction of sp³-hybridized carbons (Fsp3) is 0.846. The molecule has 6 nitrogen and oxygen atoms in total. The predicted octanol–water partition coefficient (Wildman–Crippen LogP) is 0.632. The van der Waals surface area contributed by atoms with Crippen molar-refractivity contribution in [2.75, 3.05) is 33.4 Å². The summed E-state index contributed by atoms with van der Waals surface area (Å²) in [7, 11) is 1.64. The SMILES string of the molecule is COCCN1C(=O)NC(=N)C12CCN1CCCC1C2. The van der Waals surface area contributed by atoms with Crippen LogP contribution in [0.15, 0.2) is 0 Å². The maximum absolute atomic E-state index is 12.1.